The number of hydrogen-bond acceptors (Lipinski definition) is 2. The monoisotopic (exact) mass is 369 g/mol. The van der Waals surface area contributed by atoms with Crippen LogP contribution in [0.2, 0.25) is 0 Å². The second-order valence-corrected chi connectivity index (χ2v) is 7.23. The molecule has 5 nitrogen and oxygen atoms in total. The Morgan fingerprint density at radius 2 is 2.27 bits per heavy atom. The van der Waals surface area contributed by atoms with E-state index in [-0.39, 0.29) is 0 Å². The van der Waals surface area contributed by atoms with E-state index < -0.39 is 0 Å². The number of aliphatic imine (C=N–C) groups is 1. The van der Waals surface area contributed by atoms with Crippen molar-refractivity contribution in [2.45, 2.75) is 19.4 Å². The molecular weight excluding hydrogens is 342 g/mol. The molecule has 1 saturated heterocycles. The van der Waals surface area contributed by atoms with Gasteiger partial charge in [-0.1, -0.05) is 0 Å². The topological polar surface area (TPSA) is 35.8 Å². The Labute approximate surface area is 142 Å². The number of nitrogens with zero attached hydrogens (tertiary/aromatic N) is 4. The Hall–Kier alpha value is -1.01. The molecule has 2 rings (SSSR count). The summed E-state index contributed by atoms with van der Waals surface area (Å²) in [6, 6.07) is 2.15. The van der Waals surface area contributed by atoms with Crippen molar-refractivity contribution in [1.82, 2.24) is 19.7 Å². The highest BCUT2D eigenvalue weighted by molar-refractivity contribution is 9.10. The van der Waals surface area contributed by atoms with Crippen molar-refractivity contribution in [3.63, 3.8) is 0 Å². The molecule has 0 spiro atoms. The van der Waals surface area contributed by atoms with Crippen LogP contribution in [0.15, 0.2) is 21.7 Å². The van der Waals surface area contributed by atoms with Crippen LogP contribution < -0.4 is 5.32 Å². The van der Waals surface area contributed by atoms with E-state index in [9.17, 15) is 0 Å². The Kier molecular flexibility index (Phi) is 6.32. The predicted octanol–water partition coefficient (Wildman–Crippen LogP) is 2.14. The van der Waals surface area contributed by atoms with Gasteiger partial charge in [0, 0.05) is 50.6 Å². The molecular formula is C16H28BrN5. The van der Waals surface area contributed by atoms with E-state index in [4.69, 9.17) is 0 Å². The lowest BCUT2D eigenvalue weighted by Crippen LogP contribution is -2.44. The van der Waals surface area contributed by atoms with Gasteiger partial charge in [0.05, 0.1) is 6.54 Å². The van der Waals surface area contributed by atoms with Crippen LogP contribution in [0.3, 0.4) is 0 Å². The van der Waals surface area contributed by atoms with E-state index in [0.29, 0.717) is 5.92 Å². The number of nitrogens with one attached hydrogen (secondary N) is 1. The average Bonchev–Trinajstić information content (AvgIpc) is 2.77. The number of guanidine groups is 1. The molecule has 1 N–H and O–H groups in total. The fraction of sp³-hybridized carbons (Fsp3) is 0.688. The van der Waals surface area contributed by atoms with E-state index in [1.165, 1.54) is 31.6 Å². The second kappa shape index (κ2) is 8.02. The van der Waals surface area contributed by atoms with Gasteiger partial charge >= 0.3 is 0 Å². The third-order valence-electron chi connectivity index (χ3n) is 4.32. The van der Waals surface area contributed by atoms with Crippen LogP contribution in [0.1, 0.15) is 18.5 Å². The Morgan fingerprint density at radius 3 is 2.86 bits per heavy atom. The van der Waals surface area contributed by atoms with Gasteiger partial charge in [-0.25, -0.2) is 0 Å². The summed E-state index contributed by atoms with van der Waals surface area (Å²) >= 11 is 3.53. The summed E-state index contributed by atoms with van der Waals surface area (Å²) in [5, 5.41) is 3.53. The molecule has 1 unspecified atom stereocenters. The standard InChI is InChI=1S/C16H28BrN5/c1-18-16(19-9-13-6-5-7-20(2)10-13)22(4)12-15-8-14(17)11-21(15)3/h8,11,13H,5-7,9-10,12H2,1-4H3,(H,18,19). The molecule has 0 saturated carbocycles. The van der Waals surface area contributed by atoms with Crippen LogP contribution in [0, 0.1) is 5.92 Å². The molecule has 1 atom stereocenters. The Balaban J connectivity index is 1.86. The third-order valence-corrected chi connectivity index (χ3v) is 4.75. The zero-order valence-corrected chi connectivity index (χ0v) is 15.7. The number of halogens is 1. The maximum absolute atomic E-state index is 4.42. The van der Waals surface area contributed by atoms with Gasteiger partial charge in [-0.3, -0.25) is 4.99 Å². The number of aryl methyl sites for hydroxylation is 1. The Morgan fingerprint density at radius 1 is 1.50 bits per heavy atom. The van der Waals surface area contributed by atoms with Crippen LogP contribution in [0.5, 0.6) is 0 Å². The van der Waals surface area contributed by atoms with E-state index in [1.807, 2.05) is 7.05 Å². The first-order chi connectivity index (χ1) is 10.5. The quantitative estimate of drug-likeness (QED) is 0.652. The van der Waals surface area contributed by atoms with Gasteiger partial charge in [-0.2, -0.15) is 0 Å². The van der Waals surface area contributed by atoms with Crippen molar-refractivity contribution < 1.29 is 0 Å². The summed E-state index contributed by atoms with van der Waals surface area (Å²) in [6.07, 6.45) is 4.69. The molecule has 1 fully saturated rings. The number of piperidine rings is 1. The maximum Gasteiger partial charge on any atom is 0.193 e. The minimum Gasteiger partial charge on any atom is -0.356 e. The number of aromatic nitrogens is 1. The van der Waals surface area contributed by atoms with Gasteiger partial charge in [0.1, 0.15) is 0 Å². The highest BCUT2D eigenvalue weighted by Gasteiger charge is 2.18. The zero-order valence-electron chi connectivity index (χ0n) is 14.1. The normalized spacial score (nSPS) is 20.2. The predicted molar refractivity (Wildman–Crippen MR) is 96.2 cm³/mol. The van der Waals surface area contributed by atoms with E-state index in [0.717, 1.165) is 23.5 Å². The van der Waals surface area contributed by atoms with Gasteiger partial charge in [0.25, 0.3) is 0 Å². The van der Waals surface area contributed by atoms with E-state index in [1.54, 1.807) is 0 Å². The minimum absolute atomic E-state index is 0.716. The van der Waals surface area contributed by atoms with Gasteiger partial charge < -0.3 is 19.7 Å². The SMILES string of the molecule is CN=C(NCC1CCCN(C)C1)N(C)Cc1cc(Br)cn1C. The van der Waals surface area contributed by atoms with Gasteiger partial charge in [-0.05, 0) is 54.3 Å². The molecule has 0 aliphatic carbocycles. The molecule has 0 radical (unpaired) electrons. The highest BCUT2D eigenvalue weighted by Crippen LogP contribution is 2.16. The maximum atomic E-state index is 4.42. The lowest BCUT2D eigenvalue weighted by Gasteiger charge is -2.31. The lowest BCUT2D eigenvalue weighted by atomic mass is 9.99. The number of likely N-dealkylation sites (tertiary alicyclic amines) is 1. The highest BCUT2D eigenvalue weighted by atomic mass is 79.9. The van der Waals surface area contributed by atoms with Gasteiger partial charge in [0.15, 0.2) is 5.96 Å². The van der Waals surface area contributed by atoms with Gasteiger partial charge in [0.2, 0.25) is 0 Å². The summed E-state index contributed by atoms with van der Waals surface area (Å²) in [5.74, 6) is 1.68. The molecule has 22 heavy (non-hydrogen) atoms. The molecule has 124 valence electrons. The van der Waals surface area contributed by atoms with Crippen LogP contribution in [0.4, 0.5) is 0 Å². The number of hydrogen-bond donors (Lipinski definition) is 1. The summed E-state index contributed by atoms with van der Waals surface area (Å²) in [6.45, 7) is 4.25. The molecule has 1 aromatic heterocycles. The van der Waals surface area contributed by atoms with Crippen molar-refractivity contribution in [2.75, 3.05) is 40.8 Å². The third kappa shape index (κ3) is 4.74. The Bertz CT molecular complexity index is 511. The first-order valence-electron chi connectivity index (χ1n) is 7.90. The molecule has 0 amide bonds. The summed E-state index contributed by atoms with van der Waals surface area (Å²) in [7, 11) is 8.22. The molecule has 0 aromatic carbocycles. The van der Waals surface area contributed by atoms with E-state index in [2.05, 4.69) is 74.0 Å². The van der Waals surface area contributed by atoms with Crippen molar-refractivity contribution in [2.24, 2.45) is 18.0 Å². The van der Waals surface area contributed by atoms with Gasteiger partial charge in [-0.15, -0.1) is 0 Å². The molecule has 1 aromatic rings. The van der Waals surface area contributed by atoms with Crippen LogP contribution in [0.25, 0.3) is 0 Å². The zero-order chi connectivity index (χ0) is 16.1. The molecule has 6 heteroatoms. The molecule has 1 aliphatic heterocycles. The van der Waals surface area contributed by atoms with Crippen molar-refractivity contribution in [1.29, 1.82) is 0 Å². The largest absolute Gasteiger partial charge is 0.356 e. The van der Waals surface area contributed by atoms with Crippen LogP contribution >= 0.6 is 15.9 Å². The second-order valence-electron chi connectivity index (χ2n) is 6.32. The minimum atomic E-state index is 0.716. The lowest BCUT2D eigenvalue weighted by molar-refractivity contribution is 0.209. The number of rotatable bonds is 4. The smallest absolute Gasteiger partial charge is 0.193 e. The van der Waals surface area contributed by atoms with Crippen molar-refractivity contribution in [3.8, 4) is 0 Å². The van der Waals surface area contributed by atoms with Crippen LogP contribution in [-0.2, 0) is 13.6 Å². The molecule has 0 bridgehead atoms. The molecule has 1 aliphatic rings. The fourth-order valence-electron chi connectivity index (χ4n) is 3.10. The summed E-state index contributed by atoms with van der Waals surface area (Å²) in [5.41, 5.74) is 1.26. The average molecular weight is 370 g/mol. The molecule has 2 heterocycles. The fourth-order valence-corrected chi connectivity index (χ4v) is 3.67. The van der Waals surface area contributed by atoms with Crippen LogP contribution in [-0.4, -0.2) is 61.1 Å². The first-order valence-corrected chi connectivity index (χ1v) is 8.70. The first kappa shape index (κ1) is 17.3. The van der Waals surface area contributed by atoms with Crippen molar-refractivity contribution in [3.05, 3.63) is 22.4 Å². The van der Waals surface area contributed by atoms with E-state index >= 15 is 0 Å². The summed E-state index contributed by atoms with van der Waals surface area (Å²) in [4.78, 5) is 9.02. The summed E-state index contributed by atoms with van der Waals surface area (Å²) < 4.78 is 3.26. The van der Waals surface area contributed by atoms with Crippen molar-refractivity contribution >= 4 is 21.9 Å².